The van der Waals surface area contributed by atoms with E-state index >= 15 is 0 Å². The van der Waals surface area contributed by atoms with Crippen LogP contribution in [0.5, 0.6) is 11.5 Å². The van der Waals surface area contributed by atoms with Gasteiger partial charge in [0.05, 0.1) is 12.2 Å². The number of aliphatic hydroxyl groups is 1. The molecule has 0 bridgehead atoms. The number of aliphatic hydroxyl groups excluding tert-OH is 1. The normalized spacial score (nSPS) is 12.5. The van der Waals surface area contributed by atoms with E-state index in [2.05, 4.69) is 38.2 Å². The van der Waals surface area contributed by atoms with E-state index in [4.69, 9.17) is 9.72 Å². The van der Waals surface area contributed by atoms with Crippen LogP contribution >= 0.6 is 0 Å². The van der Waals surface area contributed by atoms with Gasteiger partial charge in [-0.15, -0.1) is 0 Å². The highest BCUT2D eigenvalue weighted by atomic mass is 16.5. The molecule has 5 heteroatoms. The first-order chi connectivity index (χ1) is 16.8. The van der Waals surface area contributed by atoms with Crippen LogP contribution in [0.3, 0.4) is 0 Å². The molecule has 1 heterocycles. The highest BCUT2D eigenvalue weighted by Gasteiger charge is 2.30. The van der Waals surface area contributed by atoms with Gasteiger partial charge in [0.1, 0.15) is 11.3 Å². The summed E-state index contributed by atoms with van der Waals surface area (Å²) in [5, 5.41) is 13.5. The molecule has 0 amide bonds. The lowest BCUT2D eigenvalue weighted by atomic mass is 9.82. The van der Waals surface area contributed by atoms with E-state index < -0.39 is 0 Å². The second-order valence-corrected chi connectivity index (χ2v) is 9.72. The summed E-state index contributed by atoms with van der Waals surface area (Å²) in [6.45, 7) is 8.88. The summed E-state index contributed by atoms with van der Waals surface area (Å²) in [4.78, 5) is 18.4. The van der Waals surface area contributed by atoms with E-state index in [0.717, 1.165) is 28.6 Å². The molecule has 0 fully saturated rings. The molecule has 4 aromatic rings. The molecule has 1 aliphatic rings. The van der Waals surface area contributed by atoms with E-state index in [0.29, 0.717) is 40.4 Å². The zero-order valence-electron chi connectivity index (χ0n) is 20.6. The second-order valence-electron chi connectivity index (χ2n) is 9.72. The molecule has 2 N–H and O–H groups in total. The van der Waals surface area contributed by atoms with Gasteiger partial charge in [-0.2, -0.15) is 0 Å². The maximum Gasteiger partial charge on any atom is 0.196 e. The molecule has 178 valence electrons. The highest BCUT2D eigenvalue weighted by Crippen LogP contribution is 2.46. The third kappa shape index (κ3) is 3.96. The number of ketones is 1. The predicted octanol–water partition coefficient (Wildman–Crippen LogP) is 6.64. The molecular formula is C30H30N2O3. The molecule has 0 aliphatic heterocycles. The number of pyridine rings is 1. The van der Waals surface area contributed by atoms with E-state index in [-0.39, 0.29) is 17.8 Å². The number of fused-ring (bicyclic) bond motifs is 2. The van der Waals surface area contributed by atoms with Gasteiger partial charge >= 0.3 is 0 Å². The quantitative estimate of drug-likeness (QED) is 0.281. The monoisotopic (exact) mass is 466 g/mol. The van der Waals surface area contributed by atoms with E-state index in [1.807, 2.05) is 55.5 Å². The van der Waals surface area contributed by atoms with E-state index in [1.165, 1.54) is 5.56 Å². The van der Waals surface area contributed by atoms with Crippen molar-refractivity contribution in [2.75, 3.05) is 18.5 Å². The number of aromatic nitrogens is 1. The molecular weight excluding hydrogens is 436 g/mol. The number of hydrogen-bond donors (Lipinski definition) is 2. The van der Waals surface area contributed by atoms with Crippen molar-refractivity contribution in [3.8, 4) is 22.6 Å². The maximum atomic E-state index is 13.6. The first kappa shape index (κ1) is 23.1. The molecule has 0 saturated heterocycles. The van der Waals surface area contributed by atoms with Crippen molar-refractivity contribution < 1.29 is 14.6 Å². The lowest BCUT2D eigenvalue weighted by Gasteiger charge is -2.25. The van der Waals surface area contributed by atoms with Gasteiger partial charge in [-0.3, -0.25) is 4.79 Å². The van der Waals surface area contributed by atoms with Crippen molar-refractivity contribution in [2.45, 2.75) is 39.5 Å². The van der Waals surface area contributed by atoms with E-state index in [1.54, 1.807) is 0 Å². The fourth-order valence-electron chi connectivity index (χ4n) is 4.72. The minimum Gasteiger partial charge on any atom is -0.455 e. The van der Waals surface area contributed by atoms with Gasteiger partial charge in [0.2, 0.25) is 0 Å². The van der Waals surface area contributed by atoms with Crippen molar-refractivity contribution >= 4 is 22.4 Å². The number of benzene rings is 3. The number of anilines is 1. The molecule has 35 heavy (non-hydrogen) atoms. The van der Waals surface area contributed by atoms with Gasteiger partial charge in [-0.25, -0.2) is 4.98 Å². The number of ether oxygens (including phenoxy) is 1. The van der Waals surface area contributed by atoms with Gasteiger partial charge < -0.3 is 15.2 Å². The van der Waals surface area contributed by atoms with Gasteiger partial charge in [0, 0.05) is 34.9 Å². The average Bonchev–Trinajstić information content (AvgIpc) is 2.87. The van der Waals surface area contributed by atoms with E-state index in [9.17, 15) is 9.90 Å². The number of aryl methyl sites for hydroxylation is 1. The summed E-state index contributed by atoms with van der Waals surface area (Å²) >= 11 is 0. The summed E-state index contributed by atoms with van der Waals surface area (Å²) in [6, 6.07) is 19.7. The van der Waals surface area contributed by atoms with Crippen LogP contribution in [-0.2, 0) is 5.41 Å². The number of carbonyl (C=O) groups excluding carboxylic acids is 1. The van der Waals surface area contributed by atoms with Crippen molar-refractivity contribution in [2.24, 2.45) is 0 Å². The third-order valence-corrected chi connectivity index (χ3v) is 7.04. The van der Waals surface area contributed by atoms with Crippen molar-refractivity contribution in [3.63, 3.8) is 0 Å². The zero-order valence-corrected chi connectivity index (χ0v) is 20.6. The Balaban J connectivity index is 1.70. The summed E-state index contributed by atoms with van der Waals surface area (Å²) in [7, 11) is 0. The van der Waals surface area contributed by atoms with Crippen LogP contribution in [0.25, 0.3) is 22.0 Å². The first-order valence-corrected chi connectivity index (χ1v) is 12.1. The Morgan fingerprint density at radius 1 is 1.00 bits per heavy atom. The molecule has 0 saturated carbocycles. The zero-order chi connectivity index (χ0) is 24.7. The van der Waals surface area contributed by atoms with Crippen LogP contribution in [0.1, 0.15) is 54.4 Å². The minimum atomic E-state index is -0.0538. The minimum absolute atomic E-state index is 0.0495. The lowest BCUT2D eigenvalue weighted by Crippen LogP contribution is -2.16. The smallest absolute Gasteiger partial charge is 0.196 e. The van der Waals surface area contributed by atoms with Crippen LogP contribution in [-0.4, -0.2) is 29.0 Å². The van der Waals surface area contributed by atoms with Gasteiger partial charge in [0.25, 0.3) is 0 Å². The topological polar surface area (TPSA) is 71.4 Å². The van der Waals surface area contributed by atoms with Crippen molar-refractivity contribution in [1.29, 1.82) is 0 Å². The number of carbonyl (C=O) groups is 1. The molecule has 1 aromatic heterocycles. The fraction of sp³-hybridized carbons (Fsp3) is 0.267. The Labute approximate surface area is 205 Å². The van der Waals surface area contributed by atoms with Crippen molar-refractivity contribution in [3.05, 3.63) is 83.0 Å². The molecule has 0 spiro atoms. The Hall–Kier alpha value is -3.70. The van der Waals surface area contributed by atoms with Gasteiger partial charge in [-0.05, 0) is 53.6 Å². The number of hydrogen-bond acceptors (Lipinski definition) is 5. The number of nitrogens with one attached hydrogen (secondary N) is 1. The van der Waals surface area contributed by atoms with Crippen molar-refractivity contribution in [1.82, 2.24) is 4.98 Å². The van der Waals surface area contributed by atoms with Gasteiger partial charge in [0.15, 0.2) is 11.5 Å². The van der Waals surface area contributed by atoms with Gasteiger partial charge in [-0.1, -0.05) is 57.2 Å². The summed E-state index contributed by atoms with van der Waals surface area (Å²) in [6.07, 6.45) is 1.04. The Morgan fingerprint density at radius 3 is 2.40 bits per heavy atom. The van der Waals surface area contributed by atoms with Crippen LogP contribution < -0.4 is 10.1 Å². The lowest BCUT2D eigenvalue weighted by molar-refractivity contribution is 0.104. The maximum absolute atomic E-state index is 13.6. The molecule has 0 atom stereocenters. The molecule has 5 nitrogen and oxygen atoms in total. The van der Waals surface area contributed by atoms with Crippen LogP contribution in [0.4, 0.5) is 5.69 Å². The number of rotatable bonds is 7. The van der Waals surface area contributed by atoms with Crippen LogP contribution in [0, 0.1) is 6.92 Å². The number of nitrogens with zero attached hydrogens (tertiary/aromatic N) is 1. The first-order valence-electron chi connectivity index (χ1n) is 12.1. The molecule has 3 aromatic carbocycles. The fourth-order valence-corrected chi connectivity index (χ4v) is 4.72. The molecule has 5 rings (SSSR count). The Bertz CT molecular complexity index is 1440. The summed E-state index contributed by atoms with van der Waals surface area (Å²) in [5.74, 6) is 1.22. The third-order valence-electron chi connectivity index (χ3n) is 7.04. The molecule has 0 radical (unpaired) electrons. The second kappa shape index (κ2) is 8.82. The van der Waals surface area contributed by atoms with Crippen LogP contribution in [0.15, 0.2) is 60.7 Å². The largest absolute Gasteiger partial charge is 0.455 e. The molecule has 0 unspecified atom stereocenters. The van der Waals surface area contributed by atoms with Crippen LogP contribution in [0.2, 0.25) is 0 Å². The Morgan fingerprint density at radius 2 is 1.71 bits per heavy atom. The Kier molecular flexibility index (Phi) is 5.81. The SMILES string of the molecule is CCC(C)(C)c1ccc(Oc2cc(NCCO)c3c4c(cc(C)nc24)-c2ccccc2C3=O)cc1. The summed E-state index contributed by atoms with van der Waals surface area (Å²) < 4.78 is 6.39. The predicted molar refractivity (Wildman–Crippen MR) is 141 cm³/mol. The molecule has 1 aliphatic carbocycles. The average molecular weight is 467 g/mol. The summed E-state index contributed by atoms with van der Waals surface area (Å²) in [5.41, 5.74) is 6.60. The standard InChI is InChI=1S/C30H30N2O3/c1-5-30(3,4)19-10-12-20(13-11-19)35-25-17-24(31-14-15-33)27-26-23(16-18(2)32-28(25)26)21-8-6-7-9-22(21)29(27)34/h6-13,16-17,31,33H,5,14-15H2,1-4H3. The highest BCUT2D eigenvalue weighted by molar-refractivity contribution is 6.28.